The predicted molar refractivity (Wildman–Crippen MR) is 77.5 cm³/mol. The maximum atomic E-state index is 13.1. The average molecular weight is 299 g/mol. The Kier molecular flexibility index (Phi) is 4.81. The van der Waals surface area contributed by atoms with Crippen LogP contribution in [-0.4, -0.2) is 26.3 Å². The second-order valence-electron chi connectivity index (χ2n) is 5.70. The molecule has 1 aliphatic carbocycles. The van der Waals surface area contributed by atoms with E-state index >= 15 is 0 Å². The van der Waals surface area contributed by atoms with Gasteiger partial charge in [0.25, 0.3) is 0 Å². The summed E-state index contributed by atoms with van der Waals surface area (Å²) in [7, 11) is -1.90. The molecule has 0 atom stereocenters. The predicted octanol–water partition coefficient (Wildman–Crippen LogP) is 3.33. The first-order valence-corrected chi connectivity index (χ1v) is 8.58. The van der Waals surface area contributed by atoms with E-state index in [0.717, 1.165) is 12.8 Å². The SMILES string of the molecule is Cc1cc(F)ccc1S(=O)(=O)N(C)CC1CCCCC1. The molecule has 0 bridgehead atoms. The first-order chi connectivity index (χ1) is 9.41. The summed E-state index contributed by atoms with van der Waals surface area (Å²) in [4.78, 5) is 0.206. The maximum absolute atomic E-state index is 13.1. The number of hydrogen-bond donors (Lipinski definition) is 0. The molecule has 0 radical (unpaired) electrons. The fourth-order valence-electron chi connectivity index (χ4n) is 2.90. The number of nitrogens with zero attached hydrogens (tertiary/aromatic N) is 1. The van der Waals surface area contributed by atoms with E-state index < -0.39 is 15.8 Å². The van der Waals surface area contributed by atoms with Crippen molar-refractivity contribution in [3.8, 4) is 0 Å². The lowest BCUT2D eigenvalue weighted by molar-refractivity contribution is 0.300. The van der Waals surface area contributed by atoms with Gasteiger partial charge in [0, 0.05) is 13.6 Å². The molecule has 0 amide bonds. The Bertz CT molecular complexity index is 565. The molecular formula is C15H22FNO2S. The molecule has 1 saturated carbocycles. The maximum Gasteiger partial charge on any atom is 0.243 e. The molecule has 3 nitrogen and oxygen atoms in total. The van der Waals surface area contributed by atoms with Crippen LogP contribution in [-0.2, 0) is 10.0 Å². The molecule has 112 valence electrons. The van der Waals surface area contributed by atoms with E-state index in [9.17, 15) is 12.8 Å². The Hall–Kier alpha value is -0.940. The summed E-state index contributed by atoms with van der Waals surface area (Å²) in [5, 5.41) is 0. The molecule has 0 aliphatic heterocycles. The molecule has 1 aromatic carbocycles. The van der Waals surface area contributed by atoms with Crippen LogP contribution in [0.1, 0.15) is 37.7 Å². The quantitative estimate of drug-likeness (QED) is 0.855. The third-order valence-electron chi connectivity index (χ3n) is 4.07. The van der Waals surface area contributed by atoms with Crippen molar-refractivity contribution in [2.75, 3.05) is 13.6 Å². The zero-order valence-electron chi connectivity index (χ0n) is 12.1. The summed E-state index contributed by atoms with van der Waals surface area (Å²) < 4.78 is 39.6. The topological polar surface area (TPSA) is 37.4 Å². The summed E-state index contributed by atoms with van der Waals surface area (Å²) in [6.07, 6.45) is 5.83. The molecule has 0 spiro atoms. The molecule has 0 unspecified atom stereocenters. The normalized spacial score (nSPS) is 17.6. The minimum Gasteiger partial charge on any atom is -0.207 e. The molecule has 0 heterocycles. The Morgan fingerprint density at radius 3 is 2.50 bits per heavy atom. The lowest BCUT2D eigenvalue weighted by atomic mass is 9.89. The molecule has 2 rings (SSSR count). The van der Waals surface area contributed by atoms with E-state index in [-0.39, 0.29) is 4.90 Å². The molecular weight excluding hydrogens is 277 g/mol. The number of sulfonamides is 1. The van der Waals surface area contributed by atoms with Gasteiger partial charge < -0.3 is 0 Å². The number of benzene rings is 1. The highest BCUT2D eigenvalue weighted by atomic mass is 32.2. The molecule has 20 heavy (non-hydrogen) atoms. The Labute approximate surface area is 120 Å². The van der Waals surface area contributed by atoms with Crippen LogP contribution in [0.3, 0.4) is 0 Å². The van der Waals surface area contributed by atoms with Crippen molar-refractivity contribution in [1.29, 1.82) is 0 Å². The first kappa shape index (κ1) is 15.4. The molecule has 0 N–H and O–H groups in total. The van der Waals surface area contributed by atoms with Gasteiger partial charge in [0.1, 0.15) is 5.82 Å². The van der Waals surface area contributed by atoms with Gasteiger partial charge in [-0.05, 0) is 49.4 Å². The van der Waals surface area contributed by atoms with Crippen molar-refractivity contribution in [2.24, 2.45) is 5.92 Å². The largest absolute Gasteiger partial charge is 0.243 e. The summed E-state index contributed by atoms with van der Waals surface area (Å²) in [6.45, 7) is 2.18. The van der Waals surface area contributed by atoms with Crippen LogP contribution in [0.5, 0.6) is 0 Å². The van der Waals surface area contributed by atoms with E-state index in [2.05, 4.69) is 0 Å². The van der Waals surface area contributed by atoms with Gasteiger partial charge in [-0.1, -0.05) is 19.3 Å². The van der Waals surface area contributed by atoms with Gasteiger partial charge in [0.2, 0.25) is 10.0 Å². The highest BCUT2D eigenvalue weighted by Crippen LogP contribution is 2.27. The van der Waals surface area contributed by atoms with Gasteiger partial charge in [-0.2, -0.15) is 0 Å². The van der Waals surface area contributed by atoms with Crippen molar-refractivity contribution in [1.82, 2.24) is 4.31 Å². The Balaban J connectivity index is 2.16. The lowest BCUT2D eigenvalue weighted by Gasteiger charge is -2.27. The monoisotopic (exact) mass is 299 g/mol. The Morgan fingerprint density at radius 1 is 1.25 bits per heavy atom. The van der Waals surface area contributed by atoms with Gasteiger partial charge in [-0.3, -0.25) is 0 Å². The highest BCUT2D eigenvalue weighted by Gasteiger charge is 2.26. The minimum atomic E-state index is -3.52. The van der Waals surface area contributed by atoms with Crippen molar-refractivity contribution in [3.63, 3.8) is 0 Å². The Morgan fingerprint density at radius 2 is 1.90 bits per heavy atom. The molecule has 0 aromatic heterocycles. The van der Waals surface area contributed by atoms with Crippen LogP contribution in [0.15, 0.2) is 23.1 Å². The smallest absolute Gasteiger partial charge is 0.207 e. The van der Waals surface area contributed by atoms with E-state index in [1.807, 2.05) is 0 Å². The third kappa shape index (κ3) is 3.38. The highest BCUT2D eigenvalue weighted by molar-refractivity contribution is 7.89. The summed E-state index contributed by atoms with van der Waals surface area (Å²) >= 11 is 0. The van der Waals surface area contributed by atoms with Gasteiger partial charge in [0.05, 0.1) is 4.90 Å². The molecule has 0 saturated heterocycles. The zero-order chi connectivity index (χ0) is 14.8. The number of aryl methyl sites for hydroxylation is 1. The van der Waals surface area contributed by atoms with Gasteiger partial charge in [-0.25, -0.2) is 17.1 Å². The number of hydrogen-bond acceptors (Lipinski definition) is 2. The van der Waals surface area contributed by atoms with E-state index in [4.69, 9.17) is 0 Å². The van der Waals surface area contributed by atoms with Crippen molar-refractivity contribution in [2.45, 2.75) is 43.9 Å². The van der Waals surface area contributed by atoms with Gasteiger partial charge >= 0.3 is 0 Å². The van der Waals surface area contributed by atoms with E-state index in [1.54, 1.807) is 14.0 Å². The zero-order valence-corrected chi connectivity index (χ0v) is 12.9. The van der Waals surface area contributed by atoms with Crippen LogP contribution in [0.25, 0.3) is 0 Å². The number of halogens is 1. The third-order valence-corrected chi connectivity index (χ3v) is 6.05. The number of rotatable bonds is 4. The van der Waals surface area contributed by atoms with Crippen molar-refractivity contribution < 1.29 is 12.8 Å². The second-order valence-corrected chi connectivity index (χ2v) is 7.71. The van der Waals surface area contributed by atoms with E-state index in [1.165, 1.54) is 41.8 Å². The lowest BCUT2D eigenvalue weighted by Crippen LogP contribution is -2.33. The fraction of sp³-hybridized carbons (Fsp3) is 0.600. The van der Waals surface area contributed by atoms with Gasteiger partial charge in [-0.15, -0.1) is 0 Å². The second kappa shape index (κ2) is 6.22. The van der Waals surface area contributed by atoms with Crippen LogP contribution in [0.4, 0.5) is 4.39 Å². The first-order valence-electron chi connectivity index (χ1n) is 7.14. The molecule has 1 aliphatic rings. The summed E-state index contributed by atoms with van der Waals surface area (Å²) in [5.74, 6) is 0.0423. The average Bonchev–Trinajstić information content (AvgIpc) is 2.39. The van der Waals surface area contributed by atoms with Crippen LogP contribution in [0.2, 0.25) is 0 Å². The van der Waals surface area contributed by atoms with Crippen LogP contribution < -0.4 is 0 Å². The minimum absolute atomic E-state index is 0.206. The van der Waals surface area contributed by atoms with Crippen molar-refractivity contribution in [3.05, 3.63) is 29.6 Å². The fourth-order valence-corrected chi connectivity index (χ4v) is 4.35. The molecule has 1 fully saturated rings. The summed E-state index contributed by atoms with van der Waals surface area (Å²) in [6, 6.07) is 3.83. The molecule has 1 aromatic rings. The molecule has 5 heteroatoms. The van der Waals surface area contributed by atoms with E-state index in [0.29, 0.717) is 18.0 Å². The standard InChI is InChI=1S/C15H22FNO2S/c1-12-10-14(16)8-9-15(12)20(18,19)17(2)11-13-6-4-3-5-7-13/h8-10,13H,3-7,11H2,1-2H3. The van der Waals surface area contributed by atoms with Crippen molar-refractivity contribution >= 4 is 10.0 Å². The van der Waals surface area contributed by atoms with Gasteiger partial charge in [0.15, 0.2) is 0 Å². The van der Waals surface area contributed by atoms with Crippen LogP contribution >= 0.6 is 0 Å². The summed E-state index contributed by atoms with van der Waals surface area (Å²) in [5.41, 5.74) is 0.459. The van der Waals surface area contributed by atoms with Crippen LogP contribution in [0, 0.1) is 18.7 Å².